The van der Waals surface area contributed by atoms with Gasteiger partial charge in [0.05, 0.1) is 9.77 Å². The molecule has 6 heteroatoms. The van der Waals surface area contributed by atoms with Gasteiger partial charge in [-0.2, -0.15) is 0 Å². The van der Waals surface area contributed by atoms with Crippen LogP contribution in [0.2, 0.25) is 0 Å². The van der Waals surface area contributed by atoms with Gasteiger partial charge in [0.2, 0.25) is 0 Å². The predicted octanol–water partition coefficient (Wildman–Crippen LogP) is 2.11. The fourth-order valence-corrected chi connectivity index (χ4v) is 3.56. The van der Waals surface area contributed by atoms with Gasteiger partial charge in [0.1, 0.15) is 5.75 Å². The van der Waals surface area contributed by atoms with Crippen molar-refractivity contribution < 1.29 is 13.2 Å². The molecule has 94 valence electrons. The van der Waals surface area contributed by atoms with Crippen LogP contribution in [0.25, 0.3) is 0 Å². The summed E-state index contributed by atoms with van der Waals surface area (Å²) in [5, 5.41) is 0. The van der Waals surface area contributed by atoms with Crippen molar-refractivity contribution in [1.29, 1.82) is 0 Å². The van der Waals surface area contributed by atoms with Gasteiger partial charge >= 0.3 is 0 Å². The van der Waals surface area contributed by atoms with Crippen LogP contribution in [0.3, 0.4) is 0 Å². The minimum absolute atomic E-state index is 0.124. The van der Waals surface area contributed by atoms with Gasteiger partial charge in [0.25, 0.3) is 0 Å². The number of Topliss-reactive ketones (excluding diaryl/α,β-unsaturated/α-hetero) is 1. The molecule has 0 aliphatic heterocycles. The summed E-state index contributed by atoms with van der Waals surface area (Å²) in [6.07, 6.45) is 2.79. The highest BCUT2D eigenvalue weighted by atomic mass is 32.2. The molecule has 0 N–H and O–H groups in total. The minimum atomic E-state index is -3.58. The van der Waals surface area contributed by atoms with Crippen molar-refractivity contribution in [3.63, 3.8) is 0 Å². The average Bonchev–Trinajstić information content (AvgIpc) is 2.77. The Labute approximate surface area is 109 Å². The van der Waals surface area contributed by atoms with E-state index >= 15 is 0 Å². The van der Waals surface area contributed by atoms with Gasteiger partial charge in [0, 0.05) is 17.3 Å². The van der Waals surface area contributed by atoms with Crippen LogP contribution in [-0.2, 0) is 9.84 Å². The Bertz CT molecular complexity index is 660. The van der Waals surface area contributed by atoms with Crippen LogP contribution in [0.1, 0.15) is 14.5 Å². The Balaban J connectivity index is 2.22. The maximum atomic E-state index is 12.0. The van der Waals surface area contributed by atoms with Gasteiger partial charge in [-0.25, -0.2) is 8.42 Å². The smallest absolute Gasteiger partial charge is 0.188 e. The van der Waals surface area contributed by atoms with Crippen molar-refractivity contribution in [1.82, 2.24) is 4.98 Å². The molecular formula is C12H11NO3S2. The SMILES string of the molecule is Cc1ccc(C(=O)CS(=O)(=O)c2ccncc2)s1. The Morgan fingerprint density at radius 3 is 2.44 bits per heavy atom. The number of nitrogens with zero attached hydrogens (tertiary/aromatic N) is 1. The van der Waals surface area contributed by atoms with Gasteiger partial charge in [-0.1, -0.05) is 0 Å². The van der Waals surface area contributed by atoms with Crippen LogP contribution in [0.15, 0.2) is 41.6 Å². The van der Waals surface area contributed by atoms with Crippen molar-refractivity contribution in [2.75, 3.05) is 5.75 Å². The lowest BCUT2D eigenvalue weighted by Gasteiger charge is -2.02. The first-order chi connectivity index (χ1) is 8.49. The second-order valence-electron chi connectivity index (χ2n) is 3.78. The van der Waals surface area contributed by atoms with Gasteiger partial charge in [-0.3, -0.25) is 9.78 Å². The molecule has 2 aromatic heterocycles. The largest absolute Gasteiger partial charge is 0.292 e. The van der Waals surface area contributed by atoms with E-state index in [4.69, 9.17) is 0 Å². The summed E-state index contributed by atoms with van der Waals surface area (Å²) in [6, 6.07) is 6.24. The first-order valence-corrected chi connectivity index (χ1v) is 7.68. The predicted molar refractivity (Wildman–Crippen MR) is 69.7 cm³/mol. The highest BCUT2D eigenvalue weighted by molar-refractivity contribution is 7.92. The standard InChI is InChI=1S/C12H11NO3S2/c1-9-2-3-12(17-9)11(14)8-18(15,16)10-4-6-13-7-5-10/h2-7H,8H2,1H3. The molecule has 2 rings (SSSR count). The quantitative estimate of drug-likeness (QED) is 0.805. The average molecular weight is 281 g/mol. The highest BCUT2D eigenvalue weighted by Crippen LogP contribution is 2.18. The van der Waals surface area contributed by atoms with Crippen LogP contribution in [0.5, 0.6) is 0 Å². The second-order valence-corrected chi connectivity index (χ2v) is 7.05. The van der Waals surface area contributed by atoms with E-state index in [1.54, 1.807) is 12.1 Å². The zero-order valence-corrected chi connectivity index (χ0v) is 11.3. The van der Waals surface area contributed by atoms with E-state index in [-0.39, 0.29) is 10.7 Å². The van der Waals surface area contributed by atoms with Crippen LogP contribution >= 0.6 is 11.3 Å². The number of aromatic nitrogens is 1. The molecule has 0 saturated heterocycles. The van der Waals surface area contributed by atoms with Crippen LogP contribution in [-0.4, -0.2) is 24.9 Å². The molecule has 0 unspecified atom stereocenters. The van der Waals surface area contributed by atoms with Gasteiger partial charge in [-0.15, -0.1) is 11.3 Å². The first kappa shape index (κ1) is 12.9. The molecule has 18 heavy (non-hydrogen) atoms. The number of carbonyl (C=O) groups is 1. The number of aryl methyl sites for hydroxylation is 1. The van der Waals surface area contributed by atoms with Crippen LogP contribution in [0, 0.1) is 6.92 Å². The van der Waals surface area contributed by atoms with E-state index in [2.05, 4.69) is 4.98 Å². The Morgan fingerprint density at radius 2 is 1.89 bits per heavy atom. The van der Waals surface area contributed by atoms with Crippen LogP contribution < -0.4 is 0 Å². The molecule has 0 aliphatic rings. The molecule has 0 bridgehead atoms. The fraction of sp³-hybridized carbons (Fsp3) is 0.167. The zero-order valence-electron chi connectivity index (χ0n) is 9.66. The number of hydrogen-bond donors (Lipinski definition) is 0. The van der Waals surface area contributed by atoms with Crippen molar-refractivity contribution in [3.05, 3.63) is 46.4 Å². The molecule has 2 aromatic rings. The lowest BCUT2D eigenvalue weighted by molar-refractivity contribution is 0.102. The van der Waals surface area contributed by atoms with E-state index < -0.39 is 15.6 Å². The Kier molecular flexibility index (Phi) is 3.58. The molecular weight excluding hydrogens is 270 g/mol. The summed E-state index contributed by atoms with van der Waals surface area (Å²) in [5.74, 6) is -0.873. The molecule has 0 fully saturated rings. The number of rotatable bonds is 4. The summed E-state index contributed by atoms with van der Waals surface area (Å²) < 4.78 is 24.0. The maximum Gasteiger partial charge on any atom is 0.188 e. The Hall–Kier alpha value is -1.53. The first-order valence-electron chi connectivity index (χ1n) is 5.21. The van der Waals surface area contributed by atoms with Gasteiger partial charge < -0.3 is 0 Å². The molecule has 0 aromatic carbocycles. The van der Waals surface area contributed by atoms with Gasteiger partial charge in [-0.05, 0) is 31.2 Å². The molecule has 0 amide bonds. The summed E-state index contributed by atoms with van der Waals surface area (Å²) in [4.78, 5) is 17.2. The fourth-order valence-electron chi connectivity index (χ4n) is 1.46. The Morgan fingerprint density at radius 1 is 1.22 bits per heavy atom. The minimum Gasteiger partial charge on any atom is -0.292 e. The van der Waals surface area contributed by atoms with E-state index in [9.17, 15) is 13.2 Å². The van der Waals surface area contributed by atoms with Crippen molar-refractivity contribution in [2.24, 2.45) is 0 Å². The second kappa shape index (κ2) is 4.99. The van der Waals surface area contributed by atoms with Crippen molar-refractivity contribution in [3.8, 4) is 0 Å². The molecule has 0 aliphatic carbocycles. The van der Waals surface area contributed by atoms with Gasteiger partial charge in [0.15, 0.2) is 15.6 Å². The maximum absolute atomic E-state index is 12.0. The number of pyridine rings is 1. The summed E-state index contributed by atoms with van der Waals surface area (Å²) in [5.41, 5.74) is 0. The van der Waals surface area contributed by atoms with E-state index in [0.717, 1.165) is 4.88 Å². The number of carbonyl (C=O) groups excluding carboxylic acids is 1. The third kappa shape index (κ3) is 2.83. The van der Waals surface area contributed by atoms with Crippen LogP contribution in [0.4, 0.5) is 0 Å². The number of sulfone groups is 1. The van der Waals surface area contributed by atoms with Crippen molar-refractivity contribution >= 4 is 27.0 Å². The molecule has 0 radical (unpaired) electrons. The third-order valence-corrected chi connectivity index (χ3v) is 5.02. The van der Waals surface area contributed by atoms with E-state index in [1.807, 2.05) is 6.92 Å². The number of thiophene rings is 1. The summed E-state index contributed by atoms with van der Waals surface area (Å²) in [7, 11) is -3.58. The lowest BCUT2D eigenvalue weighted by Crippen LogP contribution is -2.15. The number of hydrogen-bond acceptors (Lipinski definition) is 5. The molecule has 0 saturated carbocycles. The lowest BCUT2D eigenvalue weighted by atomic mass is 10.3. The zero-order chi connectivity index (χ0) is 13.2. The normalized spacial score (nSPS) is 11.4. The summed E-state index contributed by atoms with van der Waals surface area (Å²) >= 11 is 1.31. The molecule has 4 nitrogen and oxygen atoms in total. The number of ketones is 1. The van der Waals surface area contributed by atoms with Crippen molar-refractivity contribution in [2.45, 2.75) is 11.8 Å². The third-order valence-electron chi connectivity index (χ3n) is 2.35. The van der Waals surface area contributed by atoms with E-state index in [1.165, 1.54) is 35.9 Å². The highest BCUT2D eigenvalue weighted by Gasteiger charge is 2.21. The topological polar surface area (TPSA) is 64.1 Å². The van der Waals surface area contributed by atoms with E-state index in [0.29, 0.717) is 4.88 Å². The molecule has 2 heterocycles. The summed E-state index contributed by atoms with van der Waals surface area (Å²) in [6.45, 7) is 1.87. The monoisotopic (exact) mass is 281 g/mol. The molecule has 0 spiro atoms. The molecule has 0 atom stereocenters.